The van der Waals surface area contributed by atoms with E-state index in [-0.39, 0.29) is 11.9 Å². The van der Waals surface area contributed by atoms with Crippen LogP contribution in [0.15, 0.2) is 24.3 Å². The van der Waals surface area contributed by atoms with Gasteiger partial charge in [-0.15, -0.1) is 0 Å². The number of nitrogens with two attached hydrogens (primary N) is 1. The van der Waals surface area contributed by atoms with E-state index in [0.29, 0.717) is 18.2 Å². The highest BCUT2D eigenvalue weighted by molar-refractivity contribution is 5.94. The Kier molecular flexibility index (Phi) is 4.98. The molecule has 1 aromatic rings. The van der Waals surface area contributed by atoms with Crippen molar-refractivity contribution >= 4 is 11.9 Å². The van der Waals surface area contributed by atoms with Gasteiger partial charge >= 0.3 is 6.03 Å². The molecule has 0 radical (unpaired) electrons. The molecule has 5 heteroatoms. The van der Waals surface area contributed by atoms with Crippen molar-refractivity contribution in [3.8, 4) is 0 Å². The lowest BCUT2D eigenvalue weighted by atomic mass is 9.96. The molecule has 108 valence electrons. The minimum absolute atomic E-state index is 0.0551. The topological polar surface area (TPSA) is 91.0 Å². The number of carbonyl (C=O) groups excluding carboxylic acids is 1. The number of urea groups is 1. The molecular weight excluding hydrogens is 252 g/mol. The fraction of sp³-hybridized carbons (Fsp3) is 0.467. The standard InChI is InChI=1S/C15H22N4O/c16-14(17)12-8-6-11(7-9-12)10-18-15(20)19-13-4-2-1-3-5-13/h6-9,13H,1-5,10H2,(H3,16,17)(H2,18,19,20). The van der Waals surface area contributed by atoms with Crippen LogP contribution in [-0.4, -0.2) is 17.9 Å². The largest absolute Gasteiger partial charge is 0.384 e. The van der Waals surface area contributed by atoms with E-state index in [1.165, 1.54) is 19.3 Å². The van der Waals surface area contributed by atoms with E-state index in [2.05, 4.69) is 10.6 Å². The van der Waals surface area contributed by atoms with E-state index in [4.69, 9.17) is 11.1 Å². The number of nitrogen functional groups attached to an aromatic ring is 1. The quantitative estimate of drug-likeness (QED) is 0.500. The van der Waals surface area contributed by atoms with Gasteiger partial charge < -0.3 is 16.4 Å². The smallest absolute Gasteiger partial charge is 0.315 e. The molecule has 0 atom stereocenters. The Bertz CT molecular complexity index is 463. The molecule has 1 aromatic carbocycles. The van der Waals surface area contributed by atoms with E-state index in [0.717, 1.165) is 18.4 Å². The number of hydrogen-bond donors (Lipinski definition) is 4. The van der Waals surface area contributed by atoms with Crippen molar-refractivity contribution in [2.75, 3.05) is 0 Å². The summed E-state index contributed by atoms with van der Waals surface area (Å²) in [6.45, 7) is 0.483. The second-order valence-electron chi connectivity index (χ2n) is 5.27. The number of rotatable bonds is 4. The van der Waals surface area contributed by atoms with Crippen LogP contribution in [0.3, 0.4) is 0 Å². The van der Waals surface area contributed by atoms with E-state index in [9.17, 15) is 4.79 Å². The third kappa shape index (κ3) is 4.26. The lowest BCUT2D eigenvalue weighted by Crippen LogP contribution is -2.42. The summed E-state index contributed by atoms with van der Waals surface area (Å²) in [7, 11) is 0. The van der Waals surface area contributed by atoms with Crippen molar-refractivity contribution in [2.24, 2.45) is 5.73 Å². The highest BCUT2D eigenvalue weighted by atomic mass is 16.2. The number of amidine groups is 1. The predicted octanol–water partition coefficient (Wildman–Crippen LogP) is 2.10. The summed E-state index contributed by atoms with van der Waals surface area (Å²) >= 11 is 0. The SMILES string of the molecule is N=C(N)c1ccc(CNC(=O)NC2CCCCC2)cc1. The molecule has 0 aliphatic heterocycles. The lowest BCUT2D eigenvalue weighted by Gasteiger charge is -2.22. The summed E-state index contributed by atoms with van der Waals surface area (Å²) in [5, 5.41) is 13.2. The summed E-state index contributed by atoms with van der Waals surface area (Å²) < 4.78 is 0. The zero-order valence-corrected chi connectivity index (χ0v) is 11.6. The van der Waals surface area contributed by atoms with Crippen molar-refractivity contribution in [2.45, 2.75) is 44.7 Å². The van der Waals surface area contributed by atoms with Crippen molar-refractivity contribution in [3.63, 3.8) is 0 Å². The molecule has 1 fully saturated rings. The summed E-state index contributed by atoms with van der Waals surface area (Å²) in [5.41, 5.74) is 7.08. The van der Waals surface area contributed by atoms with Crippen LogP contribution in [0.4, 0.5) is 4.79 Å². The minimum Gasteiger partial charge on any atom is -0.384 e. The van der Waals surface area contributed by atoms with E-state index in [1.807, 2.05) is 12.1 Å². The summed E-state index contributed by atoms with van der Waals surface area (Å²) in [6, 6.07) is 7.54. The first-order valence-electron chi connectivity index (χ1n) is 7.13. The highest BCUT2D eigenvalue weighted by Crippen LogP contribution is 2.17. The molecule has 20 heavy (non-hydrogen) atoms. The zero-order chi connectivity index (χ0) is 14.4. The molecule has 1 aliphatic rings. The van der Waals surface area contributed by atoms with Crippen molar-refractivity contribution < 1.29 is 4.79 Å². The number of hydrogen-bond acceptors (Lipinski definition) is 2. The molecule has 0 heterocycles. The Hall–Kier alpha value is -2.04. The summed E-state index contributed by atoms with van der Waals surface area (Å²) in [6.07, 6.45) is 5.86. The maximum absolute atomic E-state index is 11.8. The van der Waals surface area contributed by atoms with E-state index >= 15 is 0 Å². The number of benzene rings is 1. The van der Waals surface area contributed by atoms with Gasteiger partial charge in [0, 0.05) is 18.2 Å². The molecule has 2 amide bonds. The molecule has 0 spiro atoms. The monoisotopic (exact) mass is 274 g/mol. The molecule has 0 aromatic heterocycles. The second kappa shape index (κ2) is 6.93. The Labute approximate surface area is 119 Å². The molecule has 5 N–H and O–H groups in total. The normalized spacial score (nSPS) is 15.6. The number of nitrogens with one attached hydrogen (secondary N) is 3. The molecular formula is C15H22N4O. The average molecular weight is 274 g/mol. The molecule has 0 saturated heterocycles. The van der Waals surface area contributed by atoms with Gasteiger partial charge in [0.25, 0.3) is 0 Å². The molecule has 0 unspecified atom stereocenters. The van der Waals surface area contributed by atoms with Crippen molar-refractivity contribution in [3.05, 3.63) is 35.4 Å². The van der Waals surface area contributed by atoms with Gasteiger partial charge in [-0.3, -0.25) is 5.41 Å². The van der Waals surface area contributed by atoms with Gasteiger partial charge in [0.05, 0.1) is 0 Å². The maximum atomic E-state index is 11.8. The maximum Gasteiger partial charge on any atom is 0.315 e. The predicted molar refractivity (Wildman–Crippen MR) is 79.7 cm³/mol. The van der Waals surface area contributed by atoms with Crippen LogP contribution in [0.5, 0.6) is 0 Å². The molecule has 1 saturated carbocycles. The fourth-order valence-corrected chi connectivity index (χ4v) is 2.47. The van der Waals surface area contributed by atoms with Gasteiger partial charge in [0.1, 0.15) is 5.84 Å². The Morgan fingerprint density at radius 2 is 1.85 bits per heavy atom. The van der Waals surface area contributed by atoms with Crippen LogP contribution in [-0.2, 0) is 6.54 Å². The first-order valence-corrected chi connectivity index (χ1v) is 7.13. The van der Waals surface area contributed by atoms with Gasteiger partial charge in [-0.25, -0.2) is 4.79 Å². The first-order chi connectivity index (χ1) is 9.65. The second-order valence-corrected chi connectivity index (χ2v) is 5.27. The van der Waals surface area contributed by atoms with Gasteiger partial charge in [-0.2, -0.15) is 0 Å². The van der Waals surface area contributed by atoms with Crippen LogP contribution in [0.2, 0.25) is 0 Å². The Morgan fingerprint density at radius 3 is 2.45 bits per heavy atom. The lowest BCUT2D eigenvalue weighted by molar-refractivity contribution is 0.232. The van der Waals surface area contributed by atoms with Crippen LogP contribution in [0.1, 0.15) is 43.2 Å². The van der Waals surface area contributed by atoms with E-state index in [1.54, 1.807) is 12.1 Å². The number of amides is 2. The fourth-order valence-electron chi connectivity index (χ4n) is 2.47. The number of carbonyl (C=O) groups is 1. The van der Waals surface area contributed by atoms with Gasteiger partial charge in [-0.1, -0.05) is 43.5 Å². The Balaban J connectivity index is 1.76. The van der Waals surface area contributed by atoms with Crippen LogP contribution >= 0.6 is 0 Å². The third-order valence-electron chi connectivity index (χ3n) is 3.66. The minimum atomic E-state index is -0.104. The highest BCUT2D eigenvalue weighted by Gasteiger charge is 2.15. The zero-order valence-electron chi connectivity index (χ0n) is 11.6. The van der Waals surface area contributed by atoms with Gasteiger partial charge in [0.15, 0.2) is 0 Å². The van der Waals surface area contributed by atoms with Crippen LogP contribution in [0.25, 0.3) is 0 Å². The molecule has 2 rings (SSSR count). The molecule has 1 aliphatic carbocycles. The van der Waals surface area contributed by atoms with Crippen LogP contribution in [0, 0.1) is 5.41 Å². The van der Waals surface area contributed by atoms with Crippen molar-refractivity contribution in [1.82, 2.24) is 10.6 Å². The molecule has 0 bridgehead atoms. The molecule has 5 nitrogen and oxygen atoms in total. The Morgan fingerprint density at radius 1 is 1.20 bits per heavy atom. The summed E-state index contributed by atoms with van der Waals surface area (Å²) in [5.74, 6) is 0.0551. The van der Waals surface area contributed by atoms with Crippen molar-refractivity contribution in [1.29, 1.82) is 5.41 Å². The summed E-state index contributed by atoms with van der Waals surface area (Å²) in [4.78, 5) is 11.8. The first kappa shape index (κ1) is 14.4. The van der Waals surface area contributed by atoms with E-state index < -0.39 is 0 Å². The van der Waals surface area contributed by atoms with Gasteiger partial charge in [-0.05, 0) is 18.4 Å². The van der Waals surface area contributed by atoms with Crippen LogP contribution < -0.4 is 16.4 Å². The average Bonchev–Trinajstić information content (AvgIpc) is 2.46. The third-order valence-corrected chi connectivity index (χ3v) is 3.66. The van der Waals surface area contributed by atoms with Gasteiger partial charge in [0.2, 0.25) is 0 Å².